The minimum atomic E-state index is -0.845. The number of piperidine rings is 1. The SMILES string of the molecule is C=CCN(CCC)C(=O)N1CCC(OCCC(=O)O)CC1. The van der Waals surface area contributed by atoms with E-state index in [1.54, 1.807) is 11.0 Å². The van der Waals surface area contributed by atoms with Gasteiger partial charge in [-0.3, -0.25) is 4.79 Å². The molecule has 0 bridgehead atoms. The third kappa shape index (κ3) is 6.16. The molecule has 1 saturated heterocycles. The smallest absolute Gasteiger partial charge is 0.320 e. The lowest BCUT2D eigenvalue weighted by molar-refractivity contribution is -0.138. The Labute approximate surface area is 126 Å². The number of nitrogens with zero attached hydrogens (tertiary/aromatic N) is 2. The number of rotatable bonds is 8. The minimum absolute atomic E-state index is 0.0305. The van der Waals surface area contributed by atoms with Gasteiger partial charge in [0, 0.05) is 26.2 Å². The highest BCUT2D eigenvalue weighted by Crippen LogP contribution is 2.15. The van der Waals surface area contributed by atoms with Crippen LogP contribution in [-0.4, -0.2) is 65.8 Å². The van der Waals surface area contributed by atoms with Crippen LogP contribution in [0.1, 0.15) is 32.6 Å². The minimum Gasteiger partial charge on any atom is -0.481 e. The van der Waals surface area contributed by atoms with Gasteiger partial charge < -0.3 is 19.6 Å². The van der Waals surface area contributed by atoms with Crippen LogP contribution in [0.5, 0.6) is 0 Å². The van der Waals surface area contributed by atoms with Gasteiger partial charge in [0.05, 0.1) is 19.1 Å². The molecule has 2 amide bonds. The molecule has 0 aromatic carbocycles. The summed E-state index contributed by atoms with van der Waals surface area (Å²) in [6.45, 7) is 8.61. The monoisotopic (exact) mass is 298 g/mol. The van der Waals surface area contributed by atoms with Crippen LogP contribution in [0.4, 0.5) is 4.79 Å². The summed E-state index contributed by atoms with van der Waals surface area (Å²) in [6.07, 6.45) is 4.29. The maximum atomic E-state index is 12.4. The van der Waals surface area contributed by atoms with Crippen molar-refractivity contribution in [3.05, 3.63) is 12.7 Å². The largest absolute Gasteiger partial charge is 0.481 e. The van der Waals surface area contributed by atoms with Crippen molar-refractivity contribution in [1.29, 1.82) is 0 Å². The molecule has 0 radical (unpaired) electrons. The van der Waals surface area contributed by atoms with Gasteiger partial charge in [-0.2, -0.15) is 0 Å². The van der Waals surface area contributed by atoms with Crippen LogP contribution < -0.4 is 0 Å². The van der Waals surface area contributed by atoms with E-state index in [1.807, 2.05) is 11.8 Å². The number of carboxylic acid groups (broad SMARTS) is 1. The first-order valence-electron chi connectivity index (χ1n) is 7.56. The van der Waals surface area contributed by atoms with Gasteiger partial charge in [0.25, 0.3) is 0 Å². The van der Waals surface area contributed by atoms with Crippen molar-refractivity contribution in [1.82, 2.24) is 9.80 Å². The van der Waals surface area contributed by atoms with Gasteiger partial charge in [0.1, 0.15) is 0 Å². The second-order valence-corrected chi connectivity index (χ2v) is 5.22. The summed E-state index contributed by atoms with van der Waals surface area (Å²) in [5, 5.41) is 8.57. The molecule has 6 nitrogen and oxygen atoms in total. The van der Waals surface area contributed by atoms with E-state index < -0.39 is 5.97 Å². The molecule has 1 aliphatic heterocycles. The van der Waals surface area contributed by atoms with Crippen molar-refractivity contribution in [3.63, 3.8) is 0 Å². The van der Waals surface area contributed by atoms with Crippen LogP contribution in [0.2, 0.25) is 0 Å². The van der Waals surface area contributed by atoms with E-state index >= 15 is 0 Å². The van der Waals surface area contributed by atoms with Crippen LogP contribution >= 0.6 is 0 Å². The maximum absolute atomic E-state index is 12.4. The molecule has 1 fully saturated rings. The Hall–Kier alpha value is -1.56. The molecule has 1 aliphatic rings. The molecule has 1 heterocycles. The first-order chi connectivity index (χ1) is 10.1. The second-order valence-electron chi connectivity index (χ2n) is 5.22. The van der Waals surface area contributed by atoms with Gasteiger partial charge in [0.15, 0.2) is 0 Å². The summed E-state index contributed by atoms with van der Waals surface area (Å²) in [7, 11) is 0. The number of urea groups is 1. The molecule has 0 saturated carbocycles. The van der Waals surface area contributed by atoms with Crippen molar-refractivity contribution in [2.45, 2.75) is 38.7 Å². The topological polar surface area (TPSA) is 70.1 Å². The maximum Gasteiger partial charge on any atom is 0.320 e. The van der Waals surface area contributed by atoms with Crippen LogP contribution in [-0.2, 0) is 9.53 Å². The van der Waals surface area contributed by atoms with Gasteiger partial charge in [-0.05, 0) is 19.3 Å². The normalized spacial score (nSPS) is 15.8. The Bertz CT molecular complexity index is 352. The zero-order chi connectivity index (χ0) is 15.7. The van der Waals surface area contributed by atoms with Crippen molar-refractivity contribution in [3.8, 4) is 0 Å². The molecule has 0 aromatic rings. The molecule has 0 unspecified atom stereocenters. The first kappa shape index (κ1) is 17.5. The molecule has 1 N–H and O–H groups in total. The summed E-state index contributed by atoms with van der Waals surface area (Å²) < 4.78 is 5.53. The van der Waals surface area contributed by atoms with Crippen molar-refractivity contribution < 1.29 is 19.4 Å². The molecule has 120 valence electrons. The predicted octanol–water partition coefficient (Wildman–Crippen LogP) is 1.96. The summed E-state index contributed by atoms with van der Waals surface area (Å²) in [4.78, 5) is 26.5. The van der Waals surface area contributed by atoms with E-state index in [0.717, 1.165) is 25.8 Å². The van der Waals surface area contributed by atoms with Crippen molar-refractivity contribution in [2.75, 3.05) is 32.8 Å². The standard InChI is InChI=1S/C15H26N2O4/c1-3-8-16(9-4-2)15(20)17-10-5-13(6-11-17)21-12-7-14(18)19/h3,13H,1,4-12H2,2H3,(H,18,19). The average molecular weight is 298 g/mol. The number of carbonyl (C=O) groups is 2. The van der Waals surface area contributed by atoms with E-state index in [0.29, 0.717) is 19.6 Å². The van der Waals surface area contributed by atoms with Gasteiger partial charge in [0.2, 0.25) is 0 Å². The van der Waals surface area contributed by atoms with Crippen LogP contribution in [0.3, 0.4) is 0 Å². The third-order valence-electron chi connectivity index (χ3n) is 3.50. The van der Waals surface area contributed by atoms with Gasteiger partial charge in [-0.25, -0.2) is 4.79 Å². The lowest BCUT2D eigenvalue weighted by atomic mass is 10.1. The number of ether oxygens (including phenoxy) is 1. The molecule has 6 heteroatoms. The number of hydrogen-bond acceptors (Lipinski definition) is 3. The Morgan fingerprint density at radius 3 is 2.62 bits per heavy atom. The number of aliphatic carboxylic acids is 1. The Balaban J connectivity index is 2.35. The quantitative estimate of drug-likeness (QED) is 0.695. The molecule has 0 atom stereocenters. The van der Waals surface area contributed by atoms with Crippen LogP contribution in [0.25, 0.3) is 0 Å². The second kappa shape index (κ2) is 9.39. The molecule has 21 heavy (non-hydrogen) atoms. The van der Waals surface area contributed by atoms with Crippen LogP contribution in [0, 0.1) is 0 Å². The lowest BCUT2D eigenvalue weighted by Crippen LogP contribution is -2.48. The molecular formula is C15H26N2O4. The zero-order valence-corrected chi connectivity index (χ0v) is 12.8. The molecule has 0 spiro atoms. The number of carboxylic acids is 1. The average Bonchev–Trinajstić information content (AvgIpc) is 2.47. The molecule has 1 rings (SSSR count). The van der Waals surface area contributed by atoms with Gasteiger partial charge >= 0.3 is 12.0 Å². The van der Waals surface area contributed by atoms with E-state index in [2.05, 4.69) is 6.58 Å². The highest BCUT2D eigenvalue weighted by Gasteiger charge is 2.25. The summed E-state index contributed by atoms with van der Waals surface area (Å²) in [6, 6.07) is 0.0562. The molecule has 0 aromatic heterocycles. The Morgan fingerprint density at radius 1 is 1.43 bits per heavy atom. The fourth-order valence-electron chi connectivity index (χ4n) is 2.42. The zero-order valence-electron chi connectivity index (χ0n) is 12.8. The van der Waals surface area contributed by atoms with Gasteiger partial charge in [-0.1, -0.05) is 13.0 Å². The van der Waals surface area contributed by atoms with E-state index in [4.69, 9.17) is 9.84 Å². The lowest BCUT2D eigenvalue weighted by Gasteiger charge is -2.35. The van der Waals surface area contributed by atoms with Crippen molar-refractivity contribution >= 4 is 12.0 Å². The molecule has 0 aliphatic carbocycles. The Morgan fingerprint density at radius 2 is 2.10 bits per heavy atom. The third-order valence-corrected chi connectivity index (χ3v) is 3.50. The number of likely N-dealkylation sites (tertiary alicyclic amines) is 1. The summed E-state index contributed by atoms with van der Waals surface area (Å²) >= 11 is 0. The number of hydrogen-bond donors (Lipinski definition) is 1. The first-order valence-corrected chi connectivity index (χ1v) is 7.56. The van der Waals surface area contributed by atoms with Gasteiger partial charge in [-0.15, -0.1) is 6.58 Å². The van der Waals surface area contributed by atoms with E-state index in [9.17, 15) is 9.59 Å². The highest BCUT2D eigenvalue weighted by atomic mass is 16.5. The summed E-state index contributed by atoms with van der Waals surface area (Å²) in [5.74, 6) is -0.845. The highest BCUT2D eigenvalue weighted by molar-refractivity contribution is 5.74. The van der Waals surface area contributed by atoms with Crippen LogP contribution in [0.15, 0.2) is 12.7 Å². The number of amides is 2. The fraction of sp³-hybridized carbons (Fsp3) is 0.733. The molecular weight excluding hydrogens is 272 g/mol. The van der Waals surface area contributed by atoms with Crippen molar-refractivity contribution in [2.24, 2.45) is 0 Å². The van der Waals surface area contributed by atoms with E-state index in [1.165, 1.54) is 0 Å². The predicted molar refractivity (Wildman–Crippen MR) is 80.3 cm³/mol. The number of carbonyl (C=O) groups excluding carboxylic acids is 1. The summed E-state index contributed by atoms with van der Waals surface area (Å²) in [5.41, 5.74) is 0. The fourth-order valence-corrected chi connectivity index (χ4v) is 2.42. The van der Waals surface area contributed by atoms with E-state index in [-0.39, 0.29) is 25.2 Å². The Kier molecular flexibility index (Phi) is 7.82.